The van der Waals surface area contributed by atoms with Crippen molar-refractivity contribution in [3.8, 4) is 5.75 Å². The Balaban J connectivity index is 1.84. The Bertz CT molecular complexity index is 1840. The molecular formula is C41H61N9O7S2. The Morgan fingerprint density at radius 3 is 1.88 bits per heavy atom. The summed E-state index contributed by atoms with van der Waals surface area (Å²) in [6.07, 6.45) is 7.50. The molecule has 6 amide bonds. The molecule has 1 aromatic heterocycles. The molecular weight excluding hydrogens is 795 g/mol. The van der Waals surface area contributed by atoms with Gasteiger partial charge in [-0.3, -0.25) is 28.8 Å². The van der Waals surface area contributed by atoms with E-state index in [0.29, 0.717) is 42.9 Å². The topological polar surface area (TPSA) is 277 Å². The van der Waals surface area contributed by atoms with Crippen LogP contribution in [0.15, 0.2) is 54.7 Å². The van der Waals surface area contributed by atoms with Crippen molar-refractivity contribution in [3.05, 3.63) is 65.9 Å². The number of aromatic hydroxyl groups is 1. The minimum absolute atomic E-state index is 0.00869. The average Bonchev–Trinajstić information content (AvgIpc) is 3.61. The number of carbonyl (C=O) groups excluding carboxylic acids is 6. The molecule has 18 heteroatoms. The Morgan fingerprint density at radius 1 is 0.695 bits per heavy atom. The molecule has 0 radical (unpaired) electrons. The number of nitrogens with two attached hydrogens (primary N) is 3. The highest BCUT2D eigenvalue weighted by atomic mass is 32.2. The van der Waals surface area contributed by atoms with Crippen LogP contribution in [0.1, 0.15) is 57.1 Å². The summed E-state index contributed by atoms with van der Waals surface area (Å²) in [7, 11) is 0. The summed E-state index contributed by atoms with van der Waals surface area (Å²) < 4.78 is 0. The van der Waals surface area contributed by atoms with Crippen molar-refractivity contribution < 1.29 is 33.9 Å². The lowest BCUT2D eigenvalue weighted by molar-refractivity contribution is -0.135. The van der Waals surface area contributed by atoms with Crippen molar-refractivity contribution in [2.75, 3.05) is 30.6 Å². The Labute approximate surface area is 354 Å². The van der Waals surface area contributed by atoms with Crippen LogP contribution in [-0.2, 0) is 41.6 Å². The van der Waals surface area contributed by atoms with E-state index in [0.717, 1.165) is 16.5 Å². The normalized spacial score (nSPS) is 14.4. The van der Waals surface area contributed by atoms with Crippen LogP contribution in [0.5, 0.6) is 5.75 Å². The smallest absolute Gasteiger partial charge is 0.243 e. The van der Waals surface area contributed by atoms with Crippen LogP contribution in [0, 0.1) is 5.92 Å². The molecule has 3 aromatic rings. The van der Waals surface area contributed by atoms with Crippen LogP contribution < -0.4 is 43.8 Å². The molecule has 16 nitrogen and oxygen atoms in total. The lowest BCUT2D eigenvalue weighted by atomic mass is 10.0. The average molecular weight is 856 g/mol. The zero-order chi connectivity index (χ0) is 43.5. The summed E-state index contributed by atoms with van der Waals surface area (Å²) in [6.45, 7) is 3.85. The molecule has 0 saturated carbocycles. The standard InChI is InChI=1S/C41H61N9O7S2/c1-24(2)35(41(57)46-31(36(44)52)16-19-58-3)50-39(55)33(17-20-59-4)48-40(56)34(21-25-12-14-27(51)15-13-25)49-38(54)32(11-7-8-18-42)47-37(53)29(43)22-26-23-45-30-10-6-5-9-28(26)30/h5-6,9-10,12-15,23-24,29,31-35,45,51H,7-8,11,16-22,42-43H2,1-4H3,(H2,44,52)(H,46,57)(H,47,53)(H,48,56)(H,49,54)(H,50,55)/t29-,31+,32+,33-,34-,35-/m0/s1. The summed E-state index contributed by atoms with van der Waals surface area (Å²) in [6, 6.07) is 7.36. The molecule has 0 spiro atoms. The first-order valence-electron chi connectivity index (χ1n) is 19.8. The van der Waals surface area contributed by atoms with Gasteiger partial charge in [0.15, 0.2) is 0 Å². The Kier molecular flexibility index (Phi) is 20.6. The number of unbranched alkanes of at least 4 members (excludes halogenated alkanes) is 1. The third-order valence-corrected chi connectivity index (χ3v) is 11.1. The van der Waals surface area contributed by atoms with Gasteiger partial charge in [-0.1, -0.05) is 44.2 Å². The zero-order valence-electron chi connectivity index (χ0n) is 34.3. The number of aromatic amines is 1. The van der Waals surface area contributed by atoms with Crippen LogP contribution in [0.2, 0.25) is 0 Å². The molecule has 0 bridgehead atoms. The maximum absolute atomic E-state index is 14.2. The van der Waals surface area contributed by atoms with Crippen molar-refractivity contribution in [2.45, 2.75) is 95.0 Å². The molecule has 13 N–H and O–H groups in total. The summed E-state index contributed by atoms with van der Waals surface area (Å²) in [5.41, 5.74) is 20.0. The van der Waals surface area contributed by atoms with E-state index < -0.39 is 77.6 Å². The van der Waals surface area contributed by atoms with E-state index in [9.17, 15) is 33.9 Å². The zero-order valence-corrected chi connectivity index (χ0v) is 35.9. The van der Waals surface area contributed by atoms with E-state index in [1.54, 1.807) is 32.2 Å². The van der Waals surface area contributed by atoms with Crippen molar-refractivity contribution in [3.63, 3.8) is 0 Å². The molecule has 0 fully saturated rings. The predicted octanol–water partition coefficient (Wildman–Crippen LogP) is 1.19. The maximum Gasteiger partial charge on any atom is 0.243 e. The number of hydrogen-bond acceptors (Lipinski definition) is 11. The van der Waals surface area contributed by atoms with Gasteiger partial charge in [0.25, 0.3) is 0 Å². The fourth-order valence-electron chi connectivity index (χ4n) is 6.37. The lowest BCUT2D eigenvalue weighted by Crippen LogP contribution is -2.60. The fourth-order valence-corrected chi connectivity index (χ4v) is 7.31. The second-order valence-corrected chi connectivity index (χ2v) is 16.7. The van der Waals surface area contributed by atoms with Crippen LogP contribution in [-0.4, -0.2) is 112 Å². The number of amides is 6. The molecule has 0 unspecified atom stereocenters. The number of nitrogens with one attached hydrogen (secondary N) is 6. The summed E-state index contributed by atoms with van der Waals surface area (Å²) in [5, 5.41) is 24.6. The number of phenols is 1. The largest absolute Gasteiger partial charge is 0.508 e. The molecule has 0 aliphatic rings. The van der Waals surface area contributed by atoms with Gasteiger partial charge in [-0.2, -0.15) is 23.5 Å². The van der Waals surface area contributed by atoms with Gasteiger partial charge < -0.3 is 53.9 Å². The molecule has 59 heavy (non-hydrogen) atoms. The quantitative estimate of drug-likeness (QED) is 0.0512. The first-order chi connectivity index (χ1) is 28.2. The van der Waals surface area contributed by atoms with Crippen LogP contribution in [0.25, 0.3) is 10.9 Å². The van der Waals surface area contributed by atoms with Gasteiger partial charge in [-0.05, 0) is 104 Å². The maximum atomic E-state index is 14.2. The molecule has 324 valence electrons. The van der Waals surface area contributed by atoms with E-state index in [-0.39, 0.29) is 31.4 Å². The second-order valence-electron chi connectivity index (χ2n) is 14.8. The third-order valence-electron chi connectivity index (χ3n) is 9.80. The predicted molar refractivity (Wildman–Crippen MR) is 234 cm³/mol. The monoisotopic (exact) mass is 855 g/mol. The molecule has 3 rings (SSSR count). The summed E-state index contributed by atoms with van der Waals surface area (Å²) >= 11 is 2.95. The highest BCUT2D eigenvalue weighted by Gasteiger charge is 2.33. The number of para-hydroxylation sites is 1. The van der Waals surface area contributed by atoms with E-state index >= 15 is 0 Å². The summed E-state index contributed by atoms with van der Waals surface area (Å²) in [4.78, 5) is 84.2. The van der Waals surface area contributed by atoms with E-state index in [4.69, 9.17) is 17.2 Å². The number of benzene rings is 2. The first-order valence-corrected chi connectivity index (χ1v) is 22.5. The first kappa shape index (κ1) is 48.6. The number of carbonyl (C=O) groups is 6. The van der Waals surface area contributed by atoms with Crippen molar-refractivity contribution >= 4 is 69.9 Å². The number of aromatic nitrogens is 1. The van der Waals surface area contributed by atoms with Gasteiger partial charge in [-0.25, -0.2) is 0 Å². The molecule has 2 aromatic carbocycles. The molecule has 0 aliphatic heterocycles. The van der Waals surface area contributed by atoms with E-state index in [1.165, 1.54) is 35.7 Å². The molecule has 6 atom stereocenters. The van der Waals surface area contributed by atoms with Gasteiger partial charge >= 0.3 is 0 Å². The molecule has 1 heterocycles. The van der Waals surface area contributed by atoms with Crippen LogP contribution in [0.3, 0.4) is 0 Å². The van der Waals surface area contributed by atoms with Crippen molar-refractivity contribution in [1.29, 1.82) is 0 Å². The van der Waals surface area contributed by atoms with Gasteiger partial charge in [0, 0.05) is 23.5 Å². The van der Waals surface area contributed by atoms with Gasteiger partial charge in [-0.15, -0.1) is 0 Å². The van der Waals surface area contributed by atoms with Crippen molar-refractivity contribution in [1.82, 2.24) is 31.6 Å². The number of H-pyrrole nitrogens is 1. The number of thioether (sulfide) groups is 2. The highest BCUT2D eigenvalue weighted by molar-refractivity contribution is 7.98. The SMILES string of the molecule is CSCC[C@H](NC(=O)[C@H](Cc1ccc(O)cc1)NC(=O)[C@@H](CCCCN)NC(=O)[C@@H](N)Cc1c[nH]c2ccccc12)C(=O)N[C@H](C(=O)N[C@H](CCSC)C(N)=O)C(C)C. The minimum atomic E-state index is -1.23. The second kappa shape index (κ2) is 25.0. The highest BCUT2D eigenvalue weighted by Crippen LogP contribution is 2.19. The van der Waals surface area contributed by atoms with Crippen LogP contribution in [0.4, 0.5) is 0 Å². The Hall–Kier alpha value is -4.78. The molecule has 0 saturated heterocycles. The Morgan fingerprint density at radius 2 is 1.25 bits per heavy atom. The fraction of sp³-hybridized carbons (Fsp3) is 0.512. The number of primary amides is 1. The lowest BCUT2D eigenvalue weighted by Gasteiger charge is -2.28. The summed E-state index contributed by atoms with van der Waals surface area (Å²) in [5.74, 6) is -3.12. The van der Waals surface area contributed by atoms with E-state index in [1.807, 2.05) is 36.8 Å². The number of fused-ring (bicyclic) bond motifs is 1. The number of hydrogen-bond donors (Lipinski definition) is 10. The van der Waals surface area contributed by atoms with Crippen LogP contribution >= 0.6 is 23.5 Å². The molecule has 0 aliphatic carbocycles. The number of phenolic OH excluding ortho intramolecular Hbond substituents is 1. The minimum Gasteiger partial charge on any atom is -0.508 e. The third kappa shape index (κ3) is 15.7. The number of rotatable bonds is 26. The van der Waals surface area contributed by atoms with Crippen molar-refractivity contribution in [2.24, 2.45) is 23.1 Å². The van der Waals surface area contributed by atoms with Gasteiger partial charge in [0.1, 0.15) is 36.0 Å². The van der Waals surface area contributed by atoms with Gasteiger partial charge in [0.05, 0.1) is 6.04 Å². The van der Waals surface area contributed by atoms with Gasteiger partial charge in [0.2, 0.25) is 35.4 Å². The van der Waals surface area contributed by atoms with E-state index in [2.05, 4.69) is 31.6 Å².